The largest absolute Gasteiger partial charge is 0.508 e. The second kappa shape index (κ2) is 13.5. The highest BCUT2D eigenvalue weighted by Crippen LogP contribution is 2.12. The molecule has 0 bridgehead atoms. The number of thiol groups is 2. The minimum Gasteiger partial charge on any atom is -0.508 e. The van der Waals surface area contributed by atoms with Crippen LogP contribution in [0, 0.1) is 0 Å². The summed E-state index contributed by atoms with van der Waals surface area (Å²) in [6.45, 7) is 0. The number of phenols is 1. The van der Waals surface area contributed by atoms with E-state index in [9.17, 15) is 29.1 Å². The van der Waals surface area contributed by atoms with Gasteiger partial charge in [0.05, 0.1) is 12.5 Å². The molecule has 0 spiro atoms. The van der Waals surface area contributed by atoms with Crippen LogP contribution in [-0.4, -0.2) is 80.7 Å². The molecule has 3 amide bonds. The van der Waals surface area contributed by atoms with Crippen molar-refractivity contribution < 1.29 is 39.3 Å². The van der Waals surface area contributed by atoms with Crippen LogP contribution >= 0.6 is 25.3 Å². The number of carbonyl (C=O) groups excluding carboxylic acids is 3. The molecule has 0 saturated heterocycles. The highest BCUT2D eigenvalue weighted by molar-refractivity contribution is 7.80. The summed E-state index contributed by atoms with van der Waals surface area (Å²) in [5.41, 5.74) is 6.17. The van der Waals surface area contributed by atoms with E-state index >= 15 is 0 Å². The predicted molar refractivity (Wildman–Crippen MR) is 123 cm³/mol. The van der Waals surface area contributed by atoms with Crippen molar-refractivity contribution in [1.82, 2.24) is 16.0 Å². The van der Waals surface area contributed by atoms with Gasteiger partial charge >= 0.3 is 11.9 Å². The molecule has 4 atom stereocenters. The number of carbonyl (C=O) groups is 5. The third kappa shape index (κ3) is 9.59. The van der Waals surface area contributed by atoms with Crippen LogP contribution in [0.25, 0.3) is 0 Å². The molecule has 33 heavy (non-hydrogen) atoms. The van der Waals surface area contributed by atoms with E-state index in [0.29, 0.717) is 5.56 Å². The topological polar surface area (TPSA) is 208 Å². The Labute approximate surface area is 200 Å². The van der Waals surface area contributed by atoms with E-state index in [2.05, 4.69) is 41.2 Å². The standard InChI is InChI=1S/C19H26N4O8S2/c20-11(7-32)16(27)21-12(5-9-1-3-10(24)4-2-9)17(28)22-13(6-15(25)26)18(29)23-14(8-33)19(30)31/h1-4,11-14,24,32-33H,5-8,20H2,(H,21,27)(H,22,28)(H,23,29)(H,25,26)(H,30,31). The van der Waals surface area contributed by atoms with Gasteiger partial charge < -0.3 is 37.0 Å². The lowest BCUT2D eigenvalue weighted by Gasteiger charge is -2.24. The zero-order chi connectivity index (χ0) is 25.1. The van der Waals surface area contributed by atoms with Crippen molar-refractivity contribution in [3.8, 4) is 5.75 Å². The Morgan fingerprint density at radius 1 is 0.818 bits per heavy atom. The summed E-state index contributed by atoms with van der Waals surface area (Å²) in [4.78, 5) is 59.9. The van der Waals surface area contributed by atoms with E-state index in [1.807, 2.05) is 0 Å². The highest BCUT2D eigenvalue weighted by atomic mass is 32.1. The molecule has 0 aliphatic carbocycles. The third-order valence-corrected chi connectivity index (χ3v) is 5.11. The van der Waals surface area contributed by atoms with Gasteiger partial charge in [0.1, 0.15) is 23.9 Å². The van der Waals surface area contributed by atoms with Crippen molar-refractivity contribution in [3.63, 3.8) is 0 Å². The molecule has 0 fully saturated rings. The molecule has 1 aromatic carbocycles. The Hall–Kier alpha value is -2.97. The number of phenolic OH excluding ortho intramolecular Hbond substituents is 1. The number of rotatable bonds is 13. The molecule has 1 rings (SSSR count). The van der Waals surface area contributed by atoms with Crippen molar-refractivity contribution in [2.75, 3.05) is 11.5 Å². The lowest BCUT2D eigenvalue weighted by molar-refractivity contribution is -0.143. The summed E-state index contributed by atoms with van der Waals surface area (Å²) in [7, 11) is 0. The second-order valence-electron chi connectivity index (χ2n) is 6.96. The van der Waals surface area contributed by atoms with Gasteiger partial charge in [-0.3, -0.25) is 19.2 Å². The van der Waals surface area contributed by atoms with E-state index in [-0.39, 0.29) is 23.7 Å². The van der Waals surface area contributed by atoms with Gasteiger partial charge in [0.25, 0.3) is 0 Å². The monoisotopic (exact) mass is 502 g/mol. The van der Waals surface area contributed by atoms with Crippen LogP contribution in [0.4, 0.5) is 0 Å². The minimum atomic E-state index is -1.63. The maximum Gasteiger partial charge on any atom is 0.327 e. The molecule has 182 valence electrons. The molecule has 0 aliphatic heterocycles. The number of nitrogens with two attached hydrogens (primary N) is 1. The first-order valence-electron chi connectivity index (χ1n) is 9.59. The van der Waals surface area contributed by atoms with E-state index in [0.717, 1.165) is 0 Å². The van der Waals surface area contributed by atoms with Gasteiger partial charge in [0.15, 0.2) is 0 Å². The minimum absolute atomic E-state index is 0.0102. The van der Waals surface area contributed by atoms with Crippen molar-refractivity contribution in [3.05, 3.63) is 29.8 Å². The maximum atomic E-state index is 12.9. The van der Waals surface area contributed by atoms with Gasteiger partial charge in [0, 0.05) is 17.9 Å². The van der Waals surface area contributed by atoms with Crippen LogP contribution in [0.5, 0.6) is 5.75 Å². The average Bonchev–Trinajstić information content (AvgIpc) is 2.76. The van der Waals surface area contributed by atoms with Crippen molar-refractivity contribution in [2.45, 2.75) is 37.0 Å². The number of aliphatic carboxylic acids is 2. The Bertz CT molecular complexity index is 868. The molecule has 14 heteroatoms. The molecule has 4 unspecified atom stereocenters. The van der Waals surface area contributed by atoms with E-state index < -0.39 is 60.2 Å². The molecule has 8 N–H and O–H groups in total. The van der Waals surface area contributed by atoms with Crippen LogP contribution in [0.15, 0.2) is 24.3 Å². The van der Waals surface area contributed by atoms with Gasteiger partial charge in [-0.25, -0.2) is 4.79 Å². The molecule has 0 aliphatic rings. The molecule has 0 saturated carbocycles. The average molecular weight is 503 g/mol. The molecule has 0 radical (unpaired) electrons. The lowest BCUT2D eigenvalue weighted by atomic mass is 10.0. The Morgan fingerprint density at radius 3 is 1.82 bits per heavy atom. The molecule has 1 aromatic rings. The van der Waals surface area contributed by atoms with Gasteiger partial charge in [-0.2, -0.15) is 25.3 Å². The van der Waals surface area contributed by atoms with Crippen molar-refractivity contribution in [2.24, 2.45) is 5.73 Å². The van der Waals surface area contributed by atoms with Gasteiger partial charge in [0.2, 0.25) is 17.7 Å². The first-order valence-corrected chi connectivity index (χ1v) is 10.9. The molecule has 0 heterocycles. The van der Waals surface area contributed by atoms with Gasteiger partial charge in [-0.1, -0.05) is 12.1 Å². The normalized spacial score (nSPS) is 14.3. The smallest absolute Gasteiger partial charge is 0.327 e. The Morgan fingerprint density at radius 2 is 1.33 bits per heavy atom. The Balaban J connectivity index is 3.09. The van der Waals surface area contributed by atoms with E-state index in [4.69, 9.17) is 15.9 Å². The summed E-state index contributed by atoms with van der Waals surface area (Å²) in [5, 5.41) is 34.4. The third-order valence-electron chi connectivity index (χ3n) is 4.35. The summed E-state index contributed by atoms with van der Waals surface area (Å²) < 4.78 is 0. The molecular weight excluding hydrogens is 476 g/mol. The van der Waals surface area contributed by atoms with Crippen LogP contribution < -0.4 is 21.7 Å². The number of carboxylic acid groups (broad SMARTS) is 2. The number of amides is 3. The molecule has 12 nitrogen and oxygen atoms in total. The lowest BCUT2D eigenvalue weighted by Crippen LogP contribution is -2.58. The number of nitrogens with one attached hydrogen (secondary N) is 3. The molecule has 0 aromatic heterocycles. The number of benzene rings is 1. The van der Waals surface area contributed by atoms with Crippen molar-refractivity contribution >= 4 is 54.9 Å². The SMILES string of the molecule is NC(CS)C(=O)NC(Cc1ccc(O)cc1)C(=O)NC(CC(=O)O)C(=O)NC(CS)C(=O)O. The fourth-order valence-electron chi connectivity index (χ4n) is 2.55. The Kier molecular flexibility index (Phi) is 11.5. The fourth-order valence-corrected chi connectivity index (χ4v) is 2.97. The van der Waals surface area contributed by atoms with E-state index in [1.165, 1.54) is 24.3 Å². The number of hydrogen-bond acceptors (Lipinski definition) is 9. The maximum absolute atomic E-state index is 12.9. The van der Waals surface area contributed by atoms with E-state index in [1.54, 1.807) is 0 Å². The first-order chi connectivity index (χ1) is 15.5. The number of hydrogen-bond donors (Lipinski definition) is 9. The predicted octanol–water partition coefficient (Wildman–Crippen LogP) is -1.86. The summed E-state index contributed by atoms with van der Waals surface area (Å²) >= 11 is 7.75. The highest BCUT2D eigenvalue weighted by Gasteiger charge is 2.31. The number of carboxylic acids is 2. The first kappa shape index (κ1) is 28.1. The summed E-state index contributed by atoms with van der Waals surface area (Å²) in [6, 6.07) is 0.415. The zero-order valence-electron chi connectivity index (χ0n) is 17.3. The van der Waals surface area contributed by atoms with Gasteiger partial charge in [-0.15, -0.1) is 0 Å². The number of aromatic hydroxyl groups is 1. The van der Waals surface area contributed by atoms with Crippen LogP contribution in [0.3, 0.4) is 0 Å². The van der Waals surface area contributed by atoms with Crippen LogP contribution in [0.2, 0.25) is 0 Å². The molecular formula is C19H26N4O8S2. The summed E-state index contributed by atoms with van der Waals surface area (Å²) in [5.74, 6) is -5.77. The van der Waals surface area contributed by atoms with Gasteiger partial charge in [-0.05, 0) is 17.7 Å². The fraction of sp³-hybridized carbons (Fsp3) is 0.421. The quantitative estimate of drug-likeness (QED) is 0.138. The summed E-state index contributed by atoms with van der Waals surface area (Å²) in [6.07, 6.45) is -0.917. The van der Waals surface area contributed by atoms with Crippen LogP contribution in [-0.2, 0) is 30.4 Å². The zero-order valence-corrected chi connectivity index (χ0v) is 19.1. The van der Waals surface area contributed by atoms with Crippen molar-refractivity contribution in [1.29, 1.82) is 0 Å². The van der Waals surface area contributed by atoms with Crippen LogP contribution in [0.1, 0.15) is 12.0 Å². The second-order valence-corrected chi connectivity index (χ2v) is 7.69.